The second kappa shape index (κ2) is 6.82. The third kappa shape index (κ3) is 3.21. The zero-order valence-electron chi connectivity index (χ0n) is 13.4. The van der Waals surface area contributed by atoms with Crippen molar-refractivity contribution in [1.29, 1.82) is 0 Å². The Morgan fingerprint density at radius 3 is 2.39 bits per heavy atom. The molecule has 0 bridgehead atoms. The molecule has 0 spiro atoms. The largest absolute Gasteiger partial charge is 0.307 e. The minimum absolute atomic E-state index is 0.0942. The SMILES string of the molecule is Cn1c(C(=O)N(c2ccccc2)C2CCCCC2)cccc1=O. The second-order valence-electron chi connectivity index (χ2n) is 6.11. The highest BCUT2D eigenvalue weighted by atomic mass is 16.2. The number of nitrogens with zero attached hydrogens (tertiary/aromatic N) is 2. The van der Waals surface area contributed by atoms with Gasteiger partial charge in [-0.3, -0.25) is 9.59 Å². The van der Waals surface area contributed by atoms with E-state index >= 15 is 0 Å². The van der Waals surface area contributed by atoms with Gasteiger partial charge < -0.3 is 9.47 Å². The van der Waals surface area contributed by atoms with Crippen molar-refractivity contribution in [2.24, 2.45) is 7.05 Å². The number of anilines is 1. The summed E-state index contributed by atoms with van der Waals surface area (Å²) in [6, 6.07) is 14.8. The van der Waals surface area contributed by atoms with E-state index in [-0.39, 0.29) is 17.5 Å². The van der Waals surface area contributed by atoms with Gasteiger partial charge >= 0.3 is 0 Å². The van der Waals surface area contributed by atoms with E-state index in [1.54, 1.807) is 19.2 Å². The van der Waals surface area contributed by atoms with Gasteiger partial charge in [0, 0.05) is 24.8 Å². The Bertz CT molecular complexity index is 731. The van der Waals surface area contributed by atoms with Gasteiger partial charge in [0.25, 0.3) is 11.5 Å². The summed E-state index contributed by atoms with van der Waals surface area (Å²) in [5, 5.41) is 0. The quantitative estimate of drug-likeness (QED) is 0.872. The lowest BCUT2D eigenvalue weighted by Gasteiger charge is -2.34. The van der Waals surface area contributed by atoms with E-state index in [1.807, 2.05) is 35.2 Å². The Hall–Kier alpha value is -2.36. The number of amides is 1. The van der Waals surface area contributed by atoms with Crippen LogP contribution in [0.15, 0.2) is 53.3 Å². The fourth-order valence-corrected chi connectivity index (χ4v) is 3.32. The highest BCUT2D eigenvalue weighted by Gasteiger charge is 2.28. The molecule has 0 N–H and O–H groups in total. The highest BCUT2D eigenvalue weighted by Crippen LogP contribution is 2.28. The van der Waals surface area contributed by atoms with E-state index in [4.69, 9.17) is 0 Å². The Kier molecular flexibility index (Phi) is 4.60. The third-order valence-electron chi connectivity index (χ3n) is 4.60. The molecule has 1 heterocycles. The average Bonchev–Trinajstić information content (AvgIpc) is 2.59. The van der Waals surface area contributed by atoms with Crippen LogP contribution in [0.2, 0.25) is 0 Å². The van der Waals surface area contributed by atoms with Crippen LogP contribution in [0.25, 0.3) is 0 Å². The molecular weight excluding hydrogens is 288 g/mol. The van der Waals surface area contributed by atoms with Crippen LogP contribution in [0.1, 0.15) is 42.6 Å². The molecule has 0 saturated heterocycles. The summed E-state index contributed by atoms with van der Waals surface area (Å²) in [5.74, 6) is -0.0942. The van der Waals surface area contributed by atoms with E-state index in [9.17, 15) is 9.59 Å². The number of rotatable bonds is 3. The number of benzene rings is 1. The standard InChI is InChI=1S/C19H22N2O2/c1-20-17(13-8-14-18(20)22)19(23)21(15-9-4-2-5-10-15)16-11-6-3-7-12-16/h2,4-5,8-10,13-14,16H,3,6-7,11-12H2,1H3. The number of carbonyl (C=O) groups excluding carboxylic acids is 1. The first-order chi connectivity index (χ1) is 11.2. The first-order valence-corrected chi connectivity index (χ1v) is 8.23. The number of carbonyl (C=O) groups is 1. The van der Waals surface area contributed by atoms with Crippen molar-refractivity contribution in [3.05, 3.63) is 64.6 Å². The monoisotopic (exact) mass is 310 g/mol. The molecule has 1 aromatic carbocycles. The molecular formula is C19H22N2O2. The van der Waals surface area contributed by atoms with Gasteiger partial charge in [0.05, 0.1) is 0 Å². The zero-order chi connectivity index (χ0) is 16.2. The lowest BCUT2D eigenvalue weighted by molar-refractivity contribution is 0.0961. The maximum atomic E-state index is 13.2. The van der Waals surface area contributed by atoms with Crippen molar-refractivity contribution in [1.82, 2.24) is 4.57 Å². The minimum Gasteiger partial charge on any atom is -0.307 e. The Labute approximate surface area is 136 Å². The van der Waals surface area contributed by atoms with Crippen LogP contribution in [-0.2, 0) is 7.05 Å². The smallest absolute Gasteiger partial charge is 0.275 e. The molecule has 1 saturated carbocycles. The molecule has 1 aromatic heterocycles. The molecule has 3 rings (SSSR count). The van der Waals surface area contributed by atoms with Crippen molar-refractivity contribution in [2.45, 2.75) is 38.1 Å². The molecule has 1 aliphatic rings. The minimum atomic E-state index is -0.160. The molecule has 0 atom stereocenters. The van der Waals surface area contributed by atoms with Crippen molar-refractivity contribution in [3.8, 4) is 0 Å². The molecule has 0 aliphatic heterocycles. The molecule has 23 heavy (non-hydrogen) atoms. The van der Waals surface area contributed by atoms with Crippen molar-refractivity contribution < 1.29 is 4.79 Å². The van der Waals surface area contributed by atoms with Crippen LogP contribution in [-0.4, -0.2) is 16.5 Å². The molecule has 1 amide bonds. The van der Waals surface area contributed by atoms with Crippen LogP contribution < -0.4 is 10.5 Å². The van der Waals surface area contributed by atoms with Crippen molar-refractivity contribution in [2.75, 3.05) is 4.90 Å². The molecule has 1 aliphatic carbocycles. The summed E-state index contributed by atoms with van der Waals surface area (Å²) in [6.45, 7) is 0. The Morgan fingerprint density at radius 2 is 1.70 bits per heavy atom. The molecule has 0 radical (unpaired) electrons. The van der Waals surface area contributed by atoms with Crippen LogP contribution in [0, 0.1) is 0 Å². The molecule has 4 heteroatoms. The number of hydrogen-bond donors (Lipinski definition) is 0. The van der Waals surface area contributed by atoms with E-state index in [0.29, 0.717) is 5.69 Å². The lowest BCUT2D eigenvalue weighted by atomic mass is 9.93. The topological polar surface area (TPSA) is 42.3 Å². The van der Waals surface area contributed by atoms with Gasteiger partial charge in [0.15, 0.2) is 0 Å². The zero-order valence-corrected chi connectivity index (χ0v) is 13.4. The number of pyridine rings is 1. The molecule has 1 fully saturated rings. The number of aromatic nitrogens is 1. The third-order valence-corrected chi connectivity index (χ3v) is 4.60. The van der Waals surface area contributed by atoms with Gasteiger partial charge in [-0.05, 0) is 31.0 Å². The van der Waals surface area contributed by atoms with E-state index in [0.717, 1.165) is 31.4 Å². The first kappa shape index (κ1) is 15.5. The molecule has 120 valence electrons. The summed E-state index contributed by atoms with van der Waals surface area (Å²) in [4.78, 5) is 26.9. The van der Waals surface area contributed by atoms with Gasteiger partial charge in [-0.1, -0.05) is 43.5 Å². The second-order valence-corrected chi connectivity index (χ2v) is 6.11. The van der Waals surface area contributed by atoms with Crippen LogP contribution in [0.4, 0.5) is 5.69 Å². The summed E-state index contributed by atoms with van der Waals surface area (Å²) in [6.07, 6.45) is 5.56. The molecule has 0 unspecified atom stereocenters. The molecule has 2 aromatic rings. The average molecular weight is 310 g/mol. The Balaban J connectivity index is 2.02. The van der Waals surface area contributed by atoms with Crippen LogP contribution >= 0.6 is 0 Å². The maximum absolute atomic E-state index is 13.2. The fourth-order valence-electron chi connectivity index (χ4n) is 3.32. The van der Waals surface area contributed by atoms with Crippen LogP contribution in [0.5, 0.6) is 0 Å². The summed E-state index contributed by atoms with van der Waals surface area (Å²) < 4.78 is 1.43. The fraction of sp³-hybridized carbons (Fsp3) is 0.368. The van der Waals surface area contributed by atoms with Gasteiger partial charge in [-0.25, -0.2) is 0 Å². The number of para-hydroxylation sites is 1. The summed E-state index contributed by atoms with van der Waals surface area (Å²) in [5.41, 5.74) is 1.18. The number of hydrogen-bond acceptors (Lipinski definition) is 2. The predicted molar refractivity (Wildman–Crippen MR) is 91.8 cm³/mol. The maximum Gasteiger partial charge on any atom is 0.275 e. The normalized spacial score (nSPS) is 15.3. The van der Waals surface area contributed by atoms with Gasteiger partial charge in [0.2, 0.25) is 0 Å². The Morgan fingerprint density at radius 1 is 1.00 bits per heavy atom. The van der Waals surface area contributed by atoms with E-state index < -0.39 is 0 Å². The van der Waals surface area contributed by atoms with Crippen molar-refractivity contribution in [3.63, 3.8) is 0 Å². The summed E-state index contributed by atoms with van der Waals surface area (Å²) >= 11 is 0. The van der Waals surface area contributed by atoms with Gasteiger partial charge in [-0.2, -0.15) is 0 Å². The summed E-state index contributed by atoms with van der Waals surface area (Å²) in [7, 11) is 1.65. The van der Waals surface area contributed by atoms with E-state index in [2.05, 4.69) is 0 Å². The predicted octanol–water partition coefficient (Wildman–Crippen LogP) is 3.36. The van der Waals surface area contributed by atoms with Gasteiger partial charge in [-0.15, -0.1) is 0 Å². The molecule has 4 nitrogen and oxygen atoms in total. The van der Waals surface area contributed by atoms with E-state index in [1.165, 1.54) is 17.1 Å². The first-order valence-electron chi connectivity index (χ1n) is 8.23. The lowest BCUT2D eigenvalue weighted by Crippen LogP contribution is -2.43. The van der Waals surface area contributed by atoms with Crippen molar-refractivity contribution >= 4 is 11.6 Å². The van der Waals surface area contributed by atoms with Gasteiger partial charge in [0.1, 0.15) is 5.69 Å². The highest BCUT2D eigenvalue weighted by molar-refractivity contribution is 6.05. The van der Waals surface area contributed by atoms with Crippen LogP contribution in [0.3, 0.4) is 0 Å².